The Bertz CT molecular complexity index is 436. The van der Waals surface area contributed by atoms with Gasteiger partial charge in [-0.3, -0.25) is 4.90 Å². The SMILES string of the molecule is CC(C)(C)OC(=O)N1CSC2(CCCCCCCC2)[C@@H]1C(=O)O. The van der Waals surface area contributed by atoms with Crippen LogP contribution in [0.25, 0.3) is 0 Å². The molecule has 132 valence electrons. The summed E-state index contributed by atoms with van der Waals surface area (Å²) < 4.78 is 5.07. The van der Waals surface area contributed by atoms with E-state index in [4.69, 9.17) is 4.74 Å². The minimum Gasteiger partial charge on any atom is -0.480 e. The molecule has 1 saturated heterocycles. The van der Waals surface area contributed by atoms with Crippen LogP contribution in [0.3, 0.4) is 0 Å². The number of amides is 1. The molecule has 2 aliphatic rings. The number of carbonyl (C=O) groups is 2. The Kier molecular flexibility index (Phi) is 5.87. The lowest BCUT2D eigenvalue weighted by molar-refractivity contribution is -0.143. The van der Waals surface area contributed by atoms with Crippen molar-refractivity contribution in [2.24, 2.45) is 0 Å². The molecule has 6 heteroatoms. The molecular weight excluding hydrogens is 314 g/mol. The van der Waals surface area contributed by atoms with Crippen LogP contribution in [0.15, 0.2) is 0 Å². The fraction of sp³-hybridized carbons (Fsp3) is 0.882. The minimum absolute atomic E-state index is 0.354. The number of hydrogen-bond acceptors (Lipinski definition) is 4. The van der Waals surface area contributed by atoms with E-state index in [0.29, 0.717) is 5.88 Å². The van der Waals surface area contributed by atoms with Gasteiger partial charge in [0.1, 0.15) is 11.6 Å². The number of thioether (sulfide) groups is 1. The number of ether oxygens (including phenoxy) is 1. The van der Waals surface area contributed by atoms with Crippen LogP contribution in [-0.4, -0.2) is 44.3 Å². The van der Waals surface area contributed by atoms with E-state index >= 15 is 0 Å². The summed E-state index contributed by atoms with van der Waals surface area (Å²) in [6.07, 6.45) is 8.08. The van der Waals surface area contributed by atoms with Crippen LogP contribution in [0.1, 0.15) is 72.1 Å². The van der Waals surface area contributed by atoms with Crippen LogP contribution in [-0.2, 0) is 9.53 Å². The number of nitrogens with zero attached hydrogens (tertiary/aromatic N) is 1. The number of rotatable bonds is 1. The monoisotopic (exact) mass is 343 g/mol. The van der Waals surface area contributed by atoms with E-state index in [1.807, 2.05) is 0 Å². The molecule has 1 N–H and O–H groups in total. The second-order valence-corrected chi connectivity index (χ2v) is 9.01. The smallest absolute Gasteiger partial charge is 0.411 e. The molecule has 1 atom stereocenters. The van der Waals surface area contributed by atoms with Gasteiger partial charge in [-0.2, -0.15) is 0 Å². The Morgan fingerprint density at radius 2 is 1.61 bits per heavy atom. The Hall–Kier alpha value is -0.910. The highest BCUT2D eigenvalue weighted by Crippen LogP contribution is 2.48. The zero-order chi connectivity index (χ0) is 17.1. The predicted octanol–water partition coefficient (Wildman–Crippen LogP) is 4.25. The lowest BCUT2D eigenvalue weighted by Gasteiger charge is -2.35. The first-order valence-electron chi connectivity index (χ1n) is 8.62. The summed E-state index contributed by atoms with van der Waals surface area (Å²) in [7, 11) is 0. The molecular formula is C17H29NO4S. The normalized spacial score (nSPS) is 25.5. The van der Waals surface area contributed by atoms with Crippen molar-refractivity contribution in [2.75, 3.05) is 5.88 Å². The van der Waals surface area contributed by atoms with Crippen LogP contribution < -0.4 is 0 Å². The van der Waals surface area contributed by atoms with Gasteiger partial charge in [0.25, 0.3) is 0 Å². The first-order chi connectivity index (χ1) is 10.8. The summed E-state index contributed by atoms with van der Waals surface area (Å²) in [5.41, 5.74) is -0.612. The van der Waals surface area contributed by atoms with Crippen molar-refractivity contribution >= 4 is 23.8 Å². The quantitative estimate of drug-likeness (QED) is 0.771. The van der Waals surface area contributed by atoms with Crippen LogP contribution in [0.4, 0.5) is 4.79 Å². The van der Waals surface area contributed by atoms with Gasteiger partial charge >= 0.3 is 12.1 Å². The molecule has 2 fully saturated rings. The van der Waals surface area contributed by atoms with Gasteiger partial charge in [0, 0.05) is 4.75 Å². The zero-order valence-corrected chi connectivity index (χ0v) is 15.3. The van der Waals surface area contributed by atoms with Crippen LogP contribution in [0.2, 0.25) is 0 Å². The molecule has 1 heterocycles. The maximum atomic E-state index is 12.5. The predicted molar refractivity (Wildman–Crippen MR) is 91.6 cm³/mol. The van der Waals surface area contributed by atoms with Gasteiger partial charge < -0.3 is 9.84 Å². The van der Waals surface area contributed by atoms with Gasteiger partial charge in [0.05, 0.1) is 5.88 Å². The first-order valence-corrected chi connectivity index (χ1v) is 9.60. The van der Waals surface area contributed by atoms with Gasteiger partial charge in [-0.1, -0.05) is 38.5 Å². The van der Waals surface area contributed by atoms with Crippen molar-refractivity contribution in [1.29, 1.82) is 0 Å². The summed E-state index contributed by atoms with van der Waals surface area (Å²) in [6, 6.07) is -0.777. The van der Waals surface area contributed by atoms with Crippen molar-refractivity contribution in [2.45, 2.75) is 88.5 Å². The largest absolute Gasteiger partial charge is 0.480 e. The second-order valence-electron chi connectivity index (χ2n) is 7.65. The molecule has 5 nitrogen and oxygen atoms in total. The minimum atomic E-state index is -0.903. The van der Waals surface area contributed by atoms with Crippen molar-refractivity contribution in [3.63, 3.8) is 0 Å². The van der Waals surface area contributed by atoms with Crippen LogP contribution in [0.5, 0.6) is 0 Å². The lowest BCUT2D eigenvalue weighted by atomic mass is 9.87. The zero-order valence-electron chi connectivity index (χ0n) is 14.5. The molecule has 0 unspecified atom stereocenters. The maximum absolute atomic E-state index is 12.5. The summed E-state index contributed by atoms with van der Waals surface area (Å²) >= 11 is 1.64. The van der Waals surface area contributed by atoms with Crippen molar-refractivity contribution in [3.05, 3.63) is 0 Å². The molecule has 1 aliphatic carbocycles. The molecule has 0 aromatic rings. The van der Waals surface area contributed by atoms with E-state index in [1.165, 1.54) is 17.7 Å². The Morgan fingerprint density at radius 1 is 1.09 bits per heavy atom. The average molecular weight is 343 g/mol. The van der Waals surface area contributed by atoms with Gasteiger partial charge in [-0.15, -0.1) is 11.8 Å². The third-order valence-corrected chi connectivity index (χ3v) is 6.23. The molecule has 1 amide bonds. The Labute approximate surface area is 143 Å². The highest BCUT2D eigenvalue weighted by molar-refractivity contribution is 8.01. The van der Waals surface area contributed by atoms with E-state index in [9.17, 15) is 14.7 Å². The van der Waals surface area contributed by atoms with E-state index < -0.39 is 23.7 Å². The molecule has 2 rings (SSSR count). The third kappa shape index (κ3) is 4.55. The van der Waals surface area contributed by atoms with E-state index in [-0.39, 0.29) is 4.75 Å². The van der Waals surface area contributed by atoms with Gasteiger partial charge in [-0.25, -0.2) is 9.59 Å². The van der Waals surface area contributed by atoms with E-state index in [0.717, 1.165) is 38.5 Å². The Balaban J connectivity index is 2.20. The van der Waals surface area contributed by atoms with Crippen molar-refractivity contribution in [3.8, 4) is 0 Å². The molecule has 0 aromatic carbocycles. The molecule has 0 bridgehead atoms. The van der Waals surface area contributed by atoms with Crippen LogP contribution >= 0.6 is 11.8 Å². The van der Waals surface area contributed by atoms with E-state index in [2.05, 4.69) is 0 Å². The highest BCUT2D eigenvalue weighted by Gasteiger charge is 2.54. The molecule has 1 aliphatic heterocycles. The van der Waals surface area contributed by atoms with Gasteiger partial charge in [0.2, 0.25) is 0 Å². The van der Waals surface area contributed by atoms with Gasteiger partial charge in [-0.05, 0) is 33.6 Å². The van der Waals surface area contributed by atoms with Crippen LogP contribution in [0, 0.1) is 0 Å². The number of carboxylic acids is 1. The molecule has 1 spiro atoms. The topological polar surface area (TPSA) is 66.8 Å². The summed E-state index contributed by atoms with van der Waals surface area (Å²) in [6.45, 7) is 5.42. The summed E-state index contributed by atoms with van der Waals surface area (Å²) in [4.78, 5) is 25.9. The maximum Gasteiger partial charge on any atom is 0.411 e. The number of aliphatic carboxylic acids is 1. The fourth-order valence-corrected chi connectivity index (χ4v) is 5.18. The summed E-state index contributed by atoms with van der Waals surface area (Å²) in [5, 5.41) is 9.82. The molecule has 1 saturated carbocycles. The second kappa shape index (κ2) is 7.32. The average Bonchev–Trinajstić information content (AvgIpc) is 2.84. The number of carboxylic acid groups (broad SMARTS) is 1. The number of hydrogen-bond donors (Lipinski definition) is 1. The lowest BCUT2D eigenvalue weighted by Crippen LogP contribution is -2.52. The summed E-state index contributed by atoms with van der Waals surface area (Å²) in [5.74, 6) is -0.494. The first kappa shape index (κ1) is 18.4. The molecule has 0 aromatic heterocycles. The number of carbonyl (C=O) groups excluding carboxylic acids is 1. The molecule has 23 heavy (non-hydrogen) atoms. The van der Waals surface area contributed by atoms with E-state index in [1.54, 1.807) is 32.5 Å². The standard InChI is InChI=1S/C17H29NO4S/c1-16(2,3)22-15(21)18-12-23-17(13(18)14(19)20)10-8-6-4-5-7-9-11-17/h13H,4-12H2,1-3H3,(H,19,20)/t13-/m0/s1. The fourth-order valence-electron chi connectivity index (χ4n) is 3.57. The third-order valence-electron chi connectivity index (χ3n) is 4.61. The van der Waals surface area contributed by atoms with Crippen molar-refractivity contribution < 1.29 is 19.4 Å². The highest BCUT2D eigenvalue weighted by atomic mass is 32.2. The Morgan fingerprint density at radius 3 is 2.09 bits per heavy atom. The molecule has 0 radical (unpaired) electrons. The van der Waals surface area contributed by atoms with Crippen molar-refractivity contribution in [1.82, 2.24) is 4.90 Å². The van der Waals surface area contributed by atoms with Gasteiger partial charge in [0.15, 0.2) is 0 Å².